The van der Waals surface area contributed by atoms with Crippen LogP contribution in [0.3, 0.4) is 0 Å². The SMILES string of the molecule is COC(=O)CC1C(=O)NCCN1CC(O)COCc1ccc(OC)c(OC)c1. The number of carbonyl (C=O) groups excluding carboxylic acids is 2. The molecule has 156 valence electrons. The number of rotatable bonds is 10. The van der Waals surface area contributed by atoms with Crippen molar-refractivity contribution < 1.29 is 33.6 Å². The number of piperazine rings is 1. The van der Waals surface area contributed by atoms with Crippen LogP contribution in [0.15, 0.2) is 18.2 Å². The third kappa shape index (κ3) is 6.08. The quantitative estimate of drug-likeness (QED) is 0.530. The van der Waals surface area contributed by atoms with Gasteiger partial charge in [-0.1, -0.05) is 6.07 Å². The fourth-order valence-corrected chi connectivity index (χ4v) is 3.05. The number of esters is 1. The van der Waals surface area contributed by atoms with Crippen molar-refractivity contribution in [2.45, 2.75) is 25.2 Å². The molecular weight excluding hydrogens is 368 g/mol. The van der Waals surface area contributed by atoms with E-state index in [1.54, 1.807) is 25.2 Å². The van der Waals surface area contributed by atoms with E-state index in [1.807, 2.05) is 12.1 Å². The van der Waals surface area contributed by atoms with Crippen molar-refractivity contribution in [2.75, 3.05) is 47.6 Å². The van der Waals surface area contributed by atoms with E-state index in [2.05, 4.69) is 10.1 Å². The Bertz CT molecular complexity index is 668. The van der Waals surface area contributed by atoms with Gasteiger partial charge in [0.25, 0.3) is 0 Å². The number of hydrogen-bond donors (Lipinski definition) is 2. The normalized spacial score (nSPS) is 18.3. The summed E-state index contributed by atoms with van der Waals surface area (Å²) in [5, 5.41) is 13.0. The summed E-state index contributed by atoms with van der Waals surface area (Å²) in [6.45, 7) is 1.62. The van der Waals surface area contributed by atoms with E-state index in [4.69, 9.17) is 14.2 Å². The second kappa shape index (κ2) is 10.8. The lowest BCUT2D eigenvalue weighted by molar-refractivity contribution is -0.146. The fraction of sp³-hybridized carbons (Fsp3) is 0.579. The molecule has 1 aliphatic heterocycles. The van der Waals surface area contributed by atoms with E-state index in [0.717, 1.165) is 5.56 Å². The number of hydrogen-bond acceptors (Lipinski definition) is 8. The van der Waals surface area contributed by atoms with E-state index in [-0.39, 0.29) is 25.5 Å². The van der Waals surface area contributed by atoms with Crippen LogP contribution in [0.25, 0.3) is 0 Å². The van der Waals surface area contributed by atoms with E-state index in [1.165, 1.54) is 7.11 Å². The maximum absolute atomic E-state index is 12.1. The monoisotopic (exact) mass is 396 g/mol. The van der Waals surface area contributed by atoms with Crippen molar-refractivity contribution >= 4 is 11.9 Å². The molecule has 9 heteroatoms. The van der Waals surface area contributed by atoms with Crippen LogP contribution in [0, 0.1) is 0 Å². The molecule has 0 aromatic heterocycles. The number of nitrogens with one attached hydrogen (secondary N) is 1. The number of aliphatic hydroxyl groups excluding tert-OH is 1. The third-order valence-corrected chi connectivity index (χ3v) is 4.50. The average Bonchev–Trinajstić information content (AvgIpc) is 2.70. The number of aliphatic hydroxyl groups is 1. The lowest BCUT2D eigenvalue weighted by atomic mass is 10.1. The van der Waals surface area contributed by atoms with Gasteiger partial charge in [0.05, 0.1) is 53.1 Å². The first-order chi connectivity index (χ1) is 13.5. The van der Waals surface area contributed by atoms with Crippen LogP contribution in [-0.2, 0) is 25.7 Å². The Kier molecular flexibility index (Phi) is 8.49. The van der Waals surface area contributed by atoms with E-state index in [0.29, 0.717) is 31.2 Å². The number of methoxy groups -OCH3 is 3. The summed E-state index contributed by atoms with van der Waals surface area (Å²) in [5.41, 5.74) is 0.880. The maximum atomic E-state index is 12.1. The Balaban J connectivity index is 1.84. The van der Waals surface area contributed by atoms with Crippen LogP contribution >= 0.6 is 0 Å². The summed E-state index contributed by atoms with van der Waals surface area (Å²) in [4.78, 5) is 25.4. The summed E-state index contributed by atoms with van der Waals surface area (Å²) in [7, 11) is 4.41. The lowest BCUT2D eigenvalue weighted by Crippen LogP contribution is -2.57. The molecule has 0 bridgehead atoms. The average molecular weight is 396 g/mol. The summed E-state index contributed by atoms with van der Waals surface area (Å²) >= 11 is 0. The minimum Gasteiger partial charge on any atom is -0.493 e. The van der Waals surface area contributed by atoms with Crippen molar-refractivity contribution in [1.82, 2.24) is 10.2 Å². The van der Waals surface area contributed by atoms with Gasteiger partial charge in [-0.2, -0.15) is 0 Å². The number of β-amino-alcohol motifs (C(OH)–C–C–N with tert-alkyl or cyclic N) is 1. The Labute approximate surface area is 164 Å². The first-order valence-electron chi connectivity index (χ1n) is 9.03. The van der Waals surface area contributed by atoms with Gasteiger partial charge in [0.15, 0.2) is 11.5 Å². The lowest BCUT2D eigenvalue weighted by Gasteiger charge is -2.35. The highest BCUT2D eigenvalue weighted by molar-refractivity contribution is 5.87. The third-order valence-electron chi connectivity index (χ3n) is 4.50. The standard InChI is InChI=1S/C19H28N2O7/c1-25-16-5-4-13(8-17(16)26-2)11-28-12-14(22)10-21-7-6-20-19(24)15(21)9-18(23)27-3/h4-5,8,14-15,22H,6-7,9-12H2,1-3H3,(H,20,24). The molecule has 28 heavy (non-hydrogen) atoms. The zero-order valence-electron chi connectivity index (χ0n) is 16.5. The first kappa shape index (κ1) is 21.9. The van der Waals surface area contributed by atoms with E-state index in [9.17, 15) is 14.7 Å². The number of nitrogens with zero attached hydrogens (tertiary/aromatic N) is 1. The fourth-order valence-electron chi connectivity index (χ4n) is 3.05. The zero-order valence-corrected chi connectivity index (χ0v) is 16.5. The predicted molar refractivity (Wildman–Crippen MR) is 100 cm³/mol. The molecule has 1 amide bonds. The largest absolute Gasteiger partial charge is 0.493 e. The number of ether oxygens (including phenoxy) is 4. The van der Waals surface area contributed by atoms with Crippen LogP contribution in [-0.4, -0.2) is 81.6 Å². The zero-order chi connectivity index (χ0) is 20.5. The van der Waals surface area contributed by atoms with Gasteiger partial charge >= 0.3 is 5.97 Å². The highest BCUT2D eigenvalue weighted by Crippen LogP contribution is 2.27. The van der Waals surface area contributed by atoms with Crippen LogP contribution in [0.4, 0.5) is 0 Å². The van der Waals surface area contributed by atoms with Gasteiger partial charge in [-0.15, -0.1) is 0 Å². The van der Waals surface area contributed by atoms with Crippen molar-refractivity contribution in [2.24, 2.45) is 0 Å². The summed E-state index contributed by atoms with van der Waals surface area (Å²) in [6.07, 6.45) is -0.854. The van der Waals surface area contributed by atoms with Gasteiger partial charge in [0.1, 0.15) is 0 Å². The molecule has 1 fully saturated rings. The Morgan fingerprint density at radius 2 is 2.04 bits per heavy atom. The highest BCUT2D eigenvalue weighted by atomic mass is 16.5. The van der Waals surface area contributed by atoms with Gasteiger partial charge < -0.3 is 29.4 Å². The molecule has 0 spiro atoms. The molecule has 9 nitrogen and oxygen atoms in total. The summed E-state index contributed by atoms with van der Waals surface area (Å²) in [5.74, 6) is 0.529. The molecule has 1 aromatic rings. The molecule has 2 N–H and O–H groups in total. The molecule has 0 saturated carbocycles. The van der Waals surface area contributed by atoms with Gasteiger partial charge in [0, 0.05) is 19.6 Å². The first-order valence-corrected chi connectivity index (χ1v) is 9.03. The van der Waals surface area contributed by atoms with Crippen molar-refractivity contribution in [3.8, 4) is 11.5 Å². The molecule has 0 radical (unpaired) electrons. The van der Waals surface area contributed by atoms with Gasteiger partial charge in [-0.25, -0.2) is 0 Å². The molecule has 1 saturated heterocycles. The van der Waals surface area contributed by atoms with E-state index >= 15 is 0 Å². The molecule has 0 aliphatic carbocycles. The van der Waals surface area contributed by atoms with Crippen molar-refractivity contribution in [3.05, 3.63) is 23.8 Å². The van der Waals surface area contributed by atoms with Crippen LogP contribution < -0.4 is 14.8 Å². The second-order valence-corrected chi connectivity index (χ2v) is 6.44. The predicted octanol–water partition coefficient (Wildman–Crippen LogP) is -0.0552. The summed E-state index contributed by atoms with van der Waals surface area (Å²) < 4.78 is 20.7. The van der Waals surface area contributed by atoms with Crippen LogP contribution in [0.1, 0.15) is 12.0 Å². The molecule has 1 aromatic carbocycles. The summed E-state index contributed by atoms with van der Waals surface area (Å²) in [6, 6.07) is 4.81. The Hall–Kier alpha value is -2.36. The van der Waals surface area contributed by atoms with Crippen molar-refractivity contribution in [1.29, 1.82) is 0 Å². The number of benzene rings is 1. The Morgan fingerprint density at radius 3 is 2.71 bits per heavy atom. The highest BCUT2D eigenvalue weighted by Gasteiger charge is 2.32. The van der Waals surface area contributed by atoms with Crippen molar-refractivity contribution in [3.63, 3.8) is 0 Å². The van der Waals surface area contributed by atoms with Crippen LogP contribution in [0.2, 0.25) is 0 Å². The molecular formula is C19H28N2O7. The number of amides is 1. The maximum Gasteiger partial charge on any atom is 0.307 e. The number of carbonyl (C=O) groups is 2. The van der Waals surface area contributed by atoms with Gasteiger partial charge in [-0.3, -0.25) is 14.5 Å². The van der Waals surface area contributed by atoms with E-state index < -0.39 is 18.1 Å². The smallest absolute Gasteiger partial charge is 0.307 e. The van der Waals surface area contributed by atoms with Crippen LogP contribution in [0.5, 0.6) is 11.5 Å². The van der Waals surface area contributed by atoms with Gasteiger partial charge in [-0.05, 0) is 17.7 Å². The topological polar surface area (TPSA) is 107 Å². The molecule has 2 unspecified atom stereocenters. The molecule has 1 heterocycles. The Morgan fingerprint density at radius 1 is 1.29 bits per heavy atom. The molecule has 1 aliphatic rings. The second-order valence-electron chi connectivity index (χ2n) is 6.44. The molecule has 2 atom stereocenters. The minimum atomic E-state index is -0.800. The minimum absolute atomic E-state index is 0.0540. The van der Waals surface area contributed by atoms with Gasteiger partial charge in [0.2, 0.25) is 5.91 Å². The molecule has 2 rings (SSSR count).